The van der Waals surface area contributed by atoms with E-state index in [1.165, 1.54) is 13.2 Å². The Bertz CT molecular complexity index is 610. The molecule has 5 nitrogen and oxygen atoms in total. The summed E-state index contributed by atoms with van der Waals surface area (Å²) in [5.41, 5.74) is 0.980. The number of benzene rings is 1. The topological polar surface area (TPSA) is 68.7 Å². The van der Waals surface area contributed by atoms with Crippen molar-refractivity contribution in [3.05, 3.63) is 47.7 Å². The number of rotatable bonds is 4. The standard InChI is InChI=1S/C14H13NO4/c1-9-5-6-10(14(16)17)12(8-9)19-13-11(18-2)4-3-7-15-13/h3-8H,1-2H3,(H,16,17). The number of carboxylic acid groups (broad SMARTS) is 1. The predicted molar refractivity (Wildman–Crippen MR) is 69.0 cm³/mol. The van der Waals surface area contributed by atoms with Crippen molar-refractivity contribution in [1.29, 1.82) is 0 Å². The highest BCUT2D eigenvalue weighted by Gasteiger charge is 2.14. The van der Waals surface area contributed by atoms with Crippen LogP contribution in [0.5, 0.6) is 17.4 Å². The minimum absolute atomic E-state index is 0.0818. The Morgan fingerprint density at radius 2 is 2.05 bits per heavy atom. The van der Waals surface area contributed by atoms with Gasteiger partial charge in [-0.3, -0.25) is 0 Å². The number of nitrogens with zero attached hydrogens (tertiary/aromatic N) is 1. The summed E-state index contributed by atoms with van der Waals surface area (Å²) < 4.78 is 10.7. The van der Waals surface area contributed by atoms with Crippen LogP contribution < -0.4 is 9.47 Å². The Balaban J connectivity index is 2.42. The van der Waals surface area contributed by atoms with Gasteiger partial charge in [0.05, 0.1) is 7.11 Å². The van der Waals surface area contributed by atoms with Gasteiger partial charge in [0.25, 0.3) is 5.88 Å². The number of hydrogen-bond donors (Lipinski definition) is 1. The first-order valence-electron chi connectivity index (χ1n) is 5.62. The molecule has 0 fully saturated rings. The van der Waals surface area contributed by atoms with Gasteiger partial charge in [0.1, 0.15) is 11.3 Å². The molecular weight excluding hydrogens is 246 g/mol. The van der Waals surface area contributed by atoms with E-state index in [9.17, 15) is 4.79 Å². The van der Waals surface area contributed by atoms with Crippen molar-refractivity contribution in [2.24, 2.45) is 0 Å². The van der Waals surface area contributed by atoms with Gasteiger partial charge in [-0.05, 0) is 36.8 Å². The fourth-order valence-corrected chi connectivity index (χ4v) is 1.60. The first-order chi connectivity index (χ1) is 9.11. The third-order valence-electron chi connectivity index (χ3n) is 2.53. The first-order valence-corrected chi connectivity index (χ1v) is 5.62. The summed E-state index contributed by atoms with van der Waals surface area (Å²) in [4.78, 5) is 15.2. The van der Waals surface area contributed by atoms with Gasteiger partial charge in [0.2, 0.25) is 0 Å². The number of carbonyl (C=O) groups is 1. The van der Waals surface area contributed by atoms with Crippen LogP contribution in [0.25, 0.3) is 0 Å². The van der Waals surface area contributed by atoms with Crippen molar-refractivity contribution in [2.45, 2.75) is 6.92 Å². The Kier molecular flexibility index (Phi) is 3.66. The van der Waals surface area contributed by atoms with Gasteiger partial charge in [-0.2, -0.15) is 0 Å². The van der Waals surface area contributed by atoms with E-state index < -0.39 is 5.97 Å². The molecule has 0 bridgehead atoms. The zero-order valence-electron chi connectivity index (χ0n) is 10.6. The Hall–Kier alpha value is -2.56. The van der Waals surface area contributed by atoms with E-state index in [4.69, 9.17) is 14.6 Å². The van der Waals surface area contributed by atoms with E-state index in [1.54, 1.807) is 30.5 Å². The lowest BCUT2D eigenvalue weighted by Crippen LogP contribution is -2.01. The second-order valence-electron chi connectivity index (χ2n) is 3.92. The van der Waals surface area contributed by atoms with E-state index in [0.29, 0.717) is 5.75 Å². The minimum atomic E-state index is -1.05. The van der Waals surface area contributed by atoms with Crippen molar-refractivity contribution < 1.29 is 19.4 Å². The Morgan fingerprint density at radius 3 is 2.74 bits per heavy atom. The SMILES string of the molecule is COc1cccnc1Oc1cc(C)ccc1C(=O)O. The monoisotopic (exact) mass is 259 g/mol. The molecule has 0 aliphatic rings. The highest BCUT2D eigenvalue weighted by atomic mass is 16.5. The lowest BCUT2D eigenvalue weighted by atomic mass is 10.1. The van der Waals surface area contributed by atoms with Gasteiger partial charge in [-0.25, -0.2) is 9.78 Å². The third-order valence-corrected chi connectivity index (χ3v) is 2.53. The molecule has 1 heterocycles. The molecule has 0 amide bonds. The van der Waals surface area contributed by atoms with Crippen LogP contribution >= 0.6 is 0 Å². The average molecular weight is 259 g/mol. The molecule has 0 atom stereocenters. The van der Waals surface area contributed by atoms with E-state index in [2.05, 4.69) is 4.98 Å². The fraction of sp³-hybridized carbons (Fsp3) is 0.143. The smallest absolute Gasteiger partial charge is 0.339 e. The van der Waals surface area contributed by atoms with Gasteiger partial charge < -0.3 is 14.6 Å². The molecule has 2 rings (SSSR count). The number of carboxylic acids is 1. The van der Waals surface area contributed by atoms with Gasteiger partial charge in [0.15, 0.2) is 5.75 Å². The molecular formula is C14H13NO4. The average Bonchev–Trinajstić information content (AvgIpc) is 2.39. The molecule has 0 saturated heterocycles. The molecule has 0 aliphatic heterocycles. The quantitative estimate of drug-likeness (QED) is 0.914. The maximum Gasteiger partial charge on any atom is 0.339 e. The van der Waals surface area contributed by atoms with Crippen molar-refractivity contribution in [2.75, 3.05) is 7.11 Å². The number of aromatic carboxylic acids is 1. The van der Waals surface area contributed by atoms with E-state index in [1.807, 2.05) is 6.92 Å². The molecule has 0 saturated carbocycles. The number of aromatic nitrogens is 1. The van der Waals surface area contributed by atoms with Crippen LogP contribution in [0.3, 0.4) is 0 Å². The Labute approximate surface area is 110 Å². The molecule has 1 aromatic carbocycles. The lowest BCUT2D eigenvalue weighted by Gasteiger charge is -2.11. The number of aryl methyl sites for hydroxylation is 1. The van der Waals surface area contributed by atoms with Crippen molar-refractivity contribution in [1.82, 2.24) is 4.98 Å². The predicted octanol–water partition coefficient (Wildman–Crippen LogP) is 2.89. The van der Waals surface area contributed by atoms with Crippen LogP contribution in [0, 0.1) is 6.92 Å². The van der Waals surface area contributed by atoms with Crippen LogP contribution in [-0.4, -0.2) is 23.2 Å². The second-order valence-corrected chi connectivity index (χ2v) is 3.92. The molecule has 0 unspecified atom stereocenters. The summed E-state index contributed by atoms with van der Waals surface area (Å²) >= 11 is 0. The molecule has 5 heteroatoms. The lowest BCUT2D eigenvalue weighted by molar-refractivity contribution is 0.0694. The summed E-state index contributed by atoms with van der Waals surface area (Å²) in [6.07, 6.45) is 1.55. The molecule has 1 N–H and O–H groups in total. The largest absolute Gasteiger partial charge is 0.491 e. The van der Waals surface area contributed by atoms with Crippen molar-refractivity contribution >= 4 is 5.97 Å². The van der Waals surface area contributed by atoms with Gasteiger partial charge in [-0.15, -0.1) is 0 Å². The van der Waals surface area contributed by atoms with Gasteiger partial charge >= 0.3 is 5.97 Å². The summed E-state index contributed by atoms with van der Waals surface area (Å²) in [5, 5.41) is 9.13. The highest BCUT2D eigenvalue weighted by molar-refractivity contribution is 5.91. The van der Waals surface area contributed by atoms with Gasteiger partial charge in [0, 0.05) is 6.20 Å². The first kappa shape index (κ1) is 12.9. The second kappa shape index (κ2) is 5.39. The zero-order chi connectivity index (χ0) is 13.8. The summed E-state index contributed by atoms with van der Waals surface area (Å²) in [6.45, 7) is 1.86. The van der Waals surface area contributed by atoms with E-state index in [0.717, 1.165) is 5.56 Å². The maximum absolute atomic E-state index is 11.1. The molecule has 98 valence electrons. The molecule has 19 heavy (non-hydrogen) atoms. The molecule has 0 radical (unpaired) electrons. The van der Waals surface area contributed by atoms with Crippen LogP contribution in [-0.2, 0) is 0 Å². The number of methoxy groups -OCH3 is 1. The highest BCUT2D eigenvalue weighted by Crippen LogP contribution is 2.31. The van der Waals surface area contributed by atoms with Crippen LogP contribution in [0.1, 0.15) is 15.9 Å². The zero-order valence-corrected chi connectivity index (χ0v) is 10.6. The van der Waals surface area contributed by atoms with Crippen LogP contribution in [0.15, 0.2) is 36.5 Å². The number of hydrogen-bond acceptors (Lipinski definition) is 4. The maximum atomic E-state index is 11.1. The third kappa shape index (κ3) is 2.82. The van der Waals surface area contributed by atoms with Gasteiger partial charge in [-0.1, -0.05) is 6.07 Å². The normalized spacial score (nSPS) is 10.0. The molecule has 1 aromatic heterocycles. The van der Waals surface area contributed by atoms with E-state index in [-0.39, 0.29) is 17.2 Å². The fourth-order valence-electron chi connectivity index (χ4n) is 1.60. The number of ether oxygens (including phenoxy) is 2. The van der Waals surface area contributed by atoms with E-state index >= 15 is 0 Å². The van der Waals surface area contributed by atoms with Crippen LogP contribution in [0.4, 0.5) is 0 Å². The molecule has 0 aliphatic carbocycles. The summed E-state index contributed by atoms with van der Waals surface area (Å²) in [6, 6.07) is 8.27. The van der Waals surface area contributed by atoms with Crippen LogP contribution in [0.2, 0.25) is 0 Å². The molecule has 0 spiro atoms. The molecule has 2 aromatic rings. The van der Waals surface area contributed by atoms with Crippen molar-refractivity contribution in [3.63, 3.8) is 0 Å². The summed E-state index contributed by atoms with van der Waals surface area (Å²) in [7, 11) is 1.50. The summed E-state index contributed by atoms with van der Waals surface area (Å²) in [5.74, 6) is -0.132. The van der Waals surface area contributed by atoms with Crippen molar-refractivity contribution in [3.8, 4) is 17.4 Å². The minimum Gasteiger partial charge on any atom is -0.491 e. The Morgan fingerprint density at radius 1 is 1.26 bits per heavy atom. The number of pyridine rings is 1.